The first kappa shape index (κ1) is 15.8. The molecule has 1 saturated heterocycles. The molecule has 2 heterocycles. The van der Waals surface area contributed by atoms with Gasteiger partial charge >= 0.3 is 0 Å². The Morgan fingerprint density at radius 1 is 1.30 bits per heavy atom. The van der Waals surface area contributed by atoms with Crippen LogP contribution in [0.1, 0.15) is 23.2 Å². The first-order chi connectivity index (χ1) is 11.2. The highest BCUT2D eigenvalue weighted by Gasteiger charge is 2.17. The quantitative estimate of drug-likeness (QED) is 0.904. The molecule has 0 bridgehead atoms. The number of nitrogens with zero attached hydrogens (tertiary/aromatic N) is 1. The smallest absolute Gasteiger partial charge is 0.251 e. The van der Waals surface area contributed by atoms with Crippen molar-refractivity contribution >= 4 is 17.5 Å². The number of amides is 1. The molecule has 1 fully saturated rings. The summed E-state index contributed by atoms with van der Waals surface area (Å²) in [6.07, 6.45) is 5.35. The van der Waals surface area contributed by atoms with Crippen molar-refractivity contribution in [1.82, 2.24) is 15.6 Å². The van der Waals surface area contributed by atoms with Gasteiger partial charge in [-0.25, -0.2) is 0 Å². The molecule has 6 heteroatoms. The minimum Gasteiger partial charge on any atom is -0.456 e. The van der Waals surface area contributed by atoms with Gasteiger partial charge in [-0.2, -0.15) is 0 Å². The highest BCUT2D eigenvalue weighted by molar-refractivity contribution is 6.32. The molecule has 2 N–H and O–H groups in total. The van der Waals surface area contributed by atoms with Crippen LogP contribution in [0.4, 0.5) is 0 Å². The second-order valence-electron chi connectivity index (χ2n) is 5.45. The fourth-order valence-corrected chi connectivity index (χ4v) is 2.72. The summed E-state index contributed by atoms with van der Waals surface area (Å²) in [7, 11) is 0. The van der Waals surface area contributed by atoms with Gasteiger partial charge in [0.05, 0.1) is 5.02 Å². The Bertz CT molecular complexity index is 673. The van der Waals surface area contributed by atoms with Crippen LogP contribution in [0.2, 0.25) is 5.02 Å². The molecule has 0 radical (unpaired) electrons. The maximum Gasteiger partial charge on any atom is 0.251 e. The molecule has 1 unspecified atom stereocenters. The number of nitrogens with one attached hydrogen (secondary N) is 2. The van der Waals surface area contributed by atoms with E-state index in [-0.39, 0.29) is 11.9 Å². The molecule has 1 aromatic carbocycles. The molecule has 5 nitrogen and oxygen atoms in total. The van der Waals surface area contributed by atoms with Crippen LogP contribution >= 0.6 is 11.6 Å². The van der Waals surface area contributed by atoms with E-state index in [1.165, 1.54) is 0 Å². The van der Waals surface area contributed by atoms with E-state index in [0.717, 1.165) is 25.9 Å². The summed E-state index contributed by atoms with van der Waals surface area (Å²) in [6, 6.07) is 8.71. The third kappa shape index (κ3) is 4.21. The van der Waals surface area contributed by atoms with Crippen LogP contribution in [0.5, 0.6) is 11.5 Å². The summed E-state index contributed by atoms with van der Waals surface area (Å²) in [5.74, 6) is 1.04. The van der Waals surface area contributed by atoms with Gasteiger partial charge in [0.15, 0.2) is 0 Å². The number of hydrogen-bond donors (Lipinski definition) is 2. The Balaban J connectivity index is 1.67. The molecule has 23 heavy (non-hydrogen) atoms. The molecule has 3 rings (SSSR count). The molecule has 120 valence electrons. The van der Waals surface area contributed by atoms with E-state index >= 15 is 0 Å². The number of rotatable bonds is 4. The van der Waals surface area contributed by atoms with E-state index in [0.29, 0.717) is 22.1 Å². The van der Waals surface area contributed by atoms with Gasteiger partial charge in [0, 0.05) is 30.5 Å². The lowest BCUT2D eigenvalue weighted by molar-refractivity contribution is 0.0930. The minimum absolute atomic E-state index is 0.115. The summed E-state index contributed by atoms with van der Waals surface area (Å²) < 4.78 is 5.68. The van der Waals surface area contributed by atoms with Gasteiger partial charge in [-0.3, -0.25) is 9.78 Å². The molecule has 1 amide bonds. The zero-order valence-corrected chi connectivity index (χ0v) is 13.3. The fourth-order valence-electron chi connectivity index (χ4n) is 2.50. The molecule has 1 aliphatic rings. The summed E-state index contributed by atoms with van der Waals surface area (Å²) in [5.41, 5.74) is 0.530. The van der Waals surface area contributed by atoms with Crippen molar-refractivity contribution in [2.24, 2.45) is 0 Å². The summed E-state index contributed by atoms with van der Waals surface area (Å²) in [5, 5.41) is 6.70. The lowest BCUT2D eigenvalue weighted by Gasteiger charge is -2.23. The van der Waals surface area contributed by atoms with E-state index in [1.807, 2.05) is 0 Å². The number of aromatic nitrogens is 1. The summed E-state index contributed by atoms with van der Waals surface area (Å²) in [4.78, 5) is 16.2. The van der Waals surface area contributed by atoms with Crippen molar-refractivity contribution in [2.75, 3.05) is 13.1 Å². The summed E-state index contributed by atoms with van der Waals surface area (Å²) >= 11 is 6.23. The lowest BCUT2D eigenvalue weighted by atomic mass is 10.1. The molecule has 2 aromatic rings. The number of hydrogen-bond acceptors (Lipinski definition) is 4. The summed E-state index contributed by atoms with van der Waals surface area (Å²) in [6.45, 7) is 1.82. The van der Waals surface area contributed by atoms with Gasteiger partial charge in [-0.1, -0.05) is 11.6 Å². The SMILES string of the molecule is O=C(NC1CCCNC1)c1ccc(Oc2ccncc2)c(Cl)c1. The molecular formula is C17H18ClN3O2. The van der Waals surface area contributed by atoms with Crippen molar-refractivity contribution in [3.05, 3.63) is 53.3 Å². The van der Waals surface area contributed by atoms with Crippen LogP contribution in [-0.2, 0) is 0 Å². The predicted molar refractivity (Wildman–Crippen MR) is 89.1 cm³/mol. The third-order valence-corrected chi connectivity index (χ3v) is 4.00. The number of pyridine rings is 1. The van der Waals surface area contributed by atoms with Gasteiger partial charge in [-0.15, -0.1) is 0 Å². The topological polar surface area (TPSA) is 63.2 Å². The average molecular weight is 332 g/mol. The number of piperidine rings is 1. The minimum atomic E-state index is -0.115. The van der Waals surface area contributed by atoms with Crippen LogP contribution in [0.3, 0.4) is 0 Å². The van der Waals surface area contributed by atoms with Crippen molar-refractivity contribution < 1.29 is 9.53 Å². The Labute approximate surface area is 140 Å². The van der Waals surface area contributed by atoms with E-state index in [2.05, 4.69) is 15.6 Å². The third-order valence-electron chi connectivity index (χ3n) is 3.70. The lowest BCUT2D eigenvalue weighted by Crippen LogP contribution is -2.45. The van der Waals surface area contributed by atoms with Crippen LogP contribution < -0.4 is 15.4 Å². The van der Waals surface area contributed by atoms with Crippen molar-refractivity contribution in [3.8, 4) is 11.5 Å². The van der Waals surface area contributed by atoms with Gasteiger partial charge in [-0.05, 0) is 49.7 Å². The monoisotopic (exact) mass is 331 g/mol. The van der Waals surface area contributed by atoms with Gasteiger partial charge in [0.2, 0.25) is 0 Å². The maximum absolute atomic E-state index is 12.3. The molecule has 1 aromatic heterocycles. The zero-order chi connectivity index (χ0) is 16.1. The highest BCUT2D eigenvalue weighted by atomic mass is 35.5. The Morgan fingerprint density at radius 3 is 2.83 bits per heavy atom. The highest BCUT2D eigenvalue weighted by Crippen LogP contribution is 2.29. The standard InChI is InChI=1S/C17H18ClN3O2/c18-15-10-12(17(22)21-13-2-1-7-20-11-13)3-4-16(15)23-14-5-8-19-9-6-14/h3-6,8-10,13,20H,1-2,7,11H2,(H,21,22). The maximum atomic E-state index is 12.3. The largest absolute Gasteiger partial charge is 0.456 e. The molecular weight excluding hydrogens is 314 g/mol. The molecule has 0 spiro atoms. The second-order valence-corrected chi connectivity index (χ2v) is 5.85. The van der Waals surface area contributed by atoms with E-state index in [4.69, 9.17) is 16.3 Å². The molecule has 0 aliphatic carbocycles. The van der Waals surface area contributed by atoms with Crippen molar-refractivity contribution in [1.29, 1.82) is 0 Å². The second kappa shape index (κ2) is 7.44. The van der Waals surface area contributed by atoms with Crippen LogP contribution in [0, 0.1) is 0 Å². The van der Waals surface area contributed by atoms with E-state index in [1.54, 1.807) is 42.7 Å². The Hall–Kier alpha value is -2.11. The number of carbonyl (C=O) groups excluding carboxylic acids is 1. The van der Waals surface area contributed by atoms with Crippen molar-refractivity contribution in [3.63, 3.8) is 0 Å². The molecule has 0 saturated carbocycles. The predicted octanol–water partition coefficient (Wildman–Crippen LogP) is 3.01. The average Bonchev–Trinajstić information content (AvgIpc) is 2.58. The van der Waals surface area contributed by atoms with E-state index in [9.17, 15) is 4.79 Å². The van der Waals surface area contributed by atoms with Gasteiger partial charge in [0.1, 0.15) is 11.5 Å². The molecule has 1 aliphatic heterocycles. The zero-order valence-electron chi connectivity index (χ0n) is 12.6. The Kier molecular flexibility index (Phi) is 5.10. The number of benzene rings is 1. The van der Waals surface area contributed by atoms with Gasteiger partial charge < -0.3 is 15.4 Å². The van der Waals surface area contributed by atoms with Crippen LogP contribution in [0.15, 0.2) is 42.7 Å². The van der Waals surface area contributed by atoms with Gasteiger partial charge in [0.25, 0.3) is 5.91 Å². The number of halogens is 1. The number of carbonyl (C=O) groups is 1. The first-order valence-electron chi connectivity index (χ1n) is 7.61. The van der Waals surface area contributed by atoms with Crippen LogP contribution in [-0.4, -0.2) is 30.0 Å². The first-order valence-corrected chi connectivity index (χ1v) is 7.99. The Morgan fingerprint density at radius 2 is 2.13 bits per heavy atom. The molecule has 1 atom stereocenters. The normalized spacial score (nSPS) is 17.5. The van der Waals surface area contributed by atoms with E-state index < -0.39 is 0 Å². The van der Waals surface area contributed by atoms with Crippen molar-refractivity contribution in [2.45, 2.75) is 18.9 Å². The van der Waals surface area contributed by atoms with Crippen LogP contribution in [0.25, 0.3) is 0 Å². The fraction of sp³-hybridized carbons (Fsp3) is 0.294. The number of ether oxygens (including phenoxy) is 1.